The topological polar surface area (TPSA) is 177 Å². The van der Waals surface area contributed by atoms with E-state index in [-0.39, 0.29) is 24.6 Å². The second-order valence-electron chi connectivity index (χ2n) is 5.68. The summed E-state index contributed by atoms with van der Waals surface area (Å²) in [7, 11) is 0. The minimum atomic E-state index is -1.12. The van der Waals surface area contributed by atoms with Crippen LogP contribution < -0.4 is 22.5 Å². The van der Waals surface area contributed by atoms with Gasteiger partial charge in [-0.25, -0.2) is 4.79 Å². The van der Waals surface area contributed by atoms with Gasteiger partial charge >= 0.3 is 5.97 Å². The SMILES string of the molecule is NC(N)=NCCCC[C@H](NC(=O)[C@@H](N)Cc1ccc(O)cc1)C(=O)O. The number of aliphatic carboxylic acids is 1. The molecule has 1 aromatic carbocycles. The van der Waals surface area contributed by atoms with Gasteiger partial charge in [-0.2, -0.15) is 0 Å². The summed E-state index contributed by atoms with van der Waals surface area (Å²) in [5.74, 6) is -1.55. The highest BCUT2D eigenvalue weighted by Gasteiger charge is 2.23. The van der Waals surface area contributed by atoms with Gasteiger partial charge in [-0.3, -0.25) is 9.79 Å². The number of hydrogen-bond acceptors (Lipinski definition) is 5. The first-order chi connectivity index (χ1) is 11.8. The molecule has 1 amide bonds. The molecular formula is C16H25N5O4. The first-order valence-corrected chi connectivity index (χ1v) is 7.91. The predicted molar refractivity (Wildman–Crippen MR) is 93.9 cm³/mol. The summed E-state index contributed by atoms with van der Waals surface area (Å²) in [6, 6.07) is 4.40. The summed E-state index contributed by atoms with van der Waals surface area (Å²) in [6.07, 6.45) is 1.65. The molecule has 0 aromatic heterocycles. The van der Waals surface area contributed by atoms with E-state index in [0.717, 1.165) is 5.56 Å². The van der Waals surface area contributed by atoms with Gasteiger partial charge in [0.15, 0.2) is 5.96 Å². The van der Waals surface area contributed by atoms with Crippen LogP contribution in [0, 0.1) is 0 Å². The third kappa shape index (κ3) is 8.02. The van der Waals surface area contributed by atoms with Gasteiger partial charge in [-0.1, -0.05) is 12.1 Å². The quantitative estimate of drug-likeness (QED) is 0.183. The van der Waals surface area contributed by atoms with Crippen molar-refractivity contribution in [1.29, 1.82) is 0 Å². The highest BCUT2D eigenvalue weighted by Crippen LogP contribution is 2.11. The fraction of sp³-hybridized carbons (Fsp3) is 0.438. The van der Waals surface area contributed by atoms with Gasteiger partial charge in [0, 0.05) is 6.54 Å². The number of unbranched alkanes of at least 4 members (excludes halogenated alkanes) is 1. The fourth-order valence-electron chi connectivity index (χ4n) is 2.18. The van der Waals surface area contributed by atoms with E-state index in [0.29, 0.717) is 19.4 Å². The van der Waals surface area contributed by atoms with Crippen molar-refractivity contribution >= 4 is 17.8 Å². The third-order valence-electron chi connectivity index (χ3n) is 3.54. The largest absolute Gasteiger partial charge is 0.508 e. The Hall–Kier alpha value is -2.81. The second kappa shape index (κ2) is 10.1. The number of nitrogens with two attached hydrogens (primary N) is 3. The molecular weight excluding hydrogens is 326 g/mol. The minimum Gasteiger partial charge on any atom is -0.508 e. The maximum Gasteiger partial charge on any atom is 0.326 e. The van der Waals surface area contributed by atoms with E-state index < -0.39 is 24.0 Å². The van der Waals surface area contributed by atoms with Crippen LogP contribution in [-0.4, -0.2) is 46.7 Å². The van der Waals surface area contributed by atoms with Crippen LogP contribution in [0.1, 0.15) is 24.8 Å². The van der Waals surface area contributed by atoms with E-state index in [4.69, 9.17) is 17.2 Å². The van der Waals surface area contributed by atoms with E-state index in [1.807, 2.05) is 0 Å². The summed E-state index contributed by atoms with van der Waals surface area (Å²) in [5.41, 5.74) is 17.0. The number of phenols is 1. The molecule has 0 spiro atoms. The average Bonchev–Trinajstić information content (AvgIpc) is 2.54. The summed E-state index contributed by atoms with van der Waals surface area (Å²) in [5, 5.41) is 20.9. The van der Waals surface area contributed by atoms with Crippen molar-refractivity contribution in [3.8, 4) is 5.75 Å². The number of carboxylic acids is 1. The highest BCUT2D eigenvalue weighted by atomic mass is 16.4. The van der Waals surface area contributed by atoms with Gasteiger partial charge in [0.25, 0.3) is 0 Å². The van der Waals surface area contributed by atoms with Gasteiger partial charge in [-0.05, 0) is 43.4 Å². The number of carbonyl (C=O) groups excluding carboxylic acids is 1. The average molecular weight is 351 g/mol. The molecule has 0 saturated heterocycles. The lowest BCUT2D eigenvalue weighted by molar-refractivity contribution is -0.142. The van der Waals surface area contributed by atoms with Crippen molar-refractivity contribution in [1.82, 2.24) is 5.32 Å². The molecule has 0 aliphatic rings. The maximum atomic E-state index is 12.1. The number of aromatic hydroxyl groups is 1. The van der Waals surface area contributed by atoms with Crippen LogP contribution in [0.4, 0.5) is 0 Å². The van der Waals surface area contributed by atoms with E-state index in [1.54, 1.807) is 12.1 Å². The number of amides is 1. The van der Waals surface area contributed by atoms with Gasteiger partial charge in [0.05, 0.1) is 6.04 Å². The van der Waals surface area contributed by atoms with Crippen LogP contribution in [0.2, 0.25) is 0 Å². The van der Waals surface area contributed by atoms with Crippen LogP contribution in [-0.2, 0) is 16.0 Å². The lowest BCUT2D eigenvalue weighted by Gasteiger charge is -2.18. The first kappa shape index (κ1) is 20.2. The zero-order chi connectivity index (χ0) is 18.8. The summed E-state index contributed by atoms with van der Waals surface area (Å²) >= 11 is 0. The molecule has 2 atom stereocenters. The zero-order valence-corrected chi connectivity index (χ0v) is 13.9. The molecule has 0 radical (unpaired) electrons. The highest BCUT2D eigenvalue weighted by molar-refractivity contribution is 5.86. The number of rotatable bonds is 10. The molecule has 9 N–H and O–H groups in total. The number of guanidine groups is 1. The van der Waals surface area contributed by atoms with Gasteiger partial charge in [0.1, 0.15) is 11.8 Å². The summed E-state index contributed by atoms with van der Waals surface area (Å²) < 4.78 is 0. The Morgan fingerprint density at radius 1 is 1.16 bits per heavy atom. The van der Waals surface area contributed by atoms with Crippen molar-refractivity contribution in [2.24, 2.45) is 22.2 Å². The Kier molecular flexibility index (Phi) is 8.21. The smallest absolute Gasteiger partial charge is 0.326 e. The number of nitrogens with zero attached hydrogens (tertiary/aromatic N) is 1. The fourth-order valence-corrected chi connectivity index (χ4v) is 2.18. The van der Waals surface area contributed by atoms with Crippen molar-refractivity contribution in [3.05, 3.63) is 29.8 Å². The van der Waals surface area contributed by atoms with Crippen molar-refractivity contribution in [3.63, 3.8) is 0 Å². The molecule has 0 aliphatic carbocycles. The standard InChI is InChI=1S/C16H25N5O4/c17-12(9-10-4-6-11(22)7-5-10)14(23)21-13(15(24)25)3-1-2-8-20-16(18)19/h4-7,12-13,22H,1-3,8-9,17H2,(H,21,23)(H,24,25)(H4,18,19,20)/t12-,13-/m0/s1. The minimum absolute atomic E-state index is 0.0108. The van der Waals surface area contributed by atoms with Crippen molar-refractivity contribution < 1.29 is 19.8 Å². The Labute approximate surface area is 145 Å². The lowest BCUT2D eigenvalue weighted by atomic mass is 10.0. The van der Waals surface area contributed by atoms with E-state index in [9.17, 15) is 19.8 Å². The van der Waals surface area contributed by atoms with Crippen LogP contribution in [0.25, 0.3) is 0 Å². The summed E-state index contributed by atoms with van der Waals surface area (Å²) in [4.78, 5) is 27.2. The predicted octanol–water partition coefficient (Wildman–Crippen LogP) is -0.725. The Balaban J connectivity index is 2.47. The van der Waals surface area contributed by atoms with E-state index >= 15 is 0 Å². The number of carbonyl (C=O) groups is 2. The number of aliphatic imine (C=N–C) groups is 1. The molecule has 9 heteroatoms. The molecule has 0 fully saturated rings. The molecule has 138 valence electrons. The van der Waals surface area contributed by atoms with E-state index in [2.05, 4.69) is 10.3 Å². The van der Waals surface area contributed by atoms with Gasteiger partial charge in [-0.15, -0.1) is 0 Å². The molecule has 0 aliphatic heterocycles. The van der Waals surface area contributed by atoms with Gasteiger partial charge in [0.2, 0.25) is 5.91 Å². The number of hydrogen-bond donors (Lipinski definition) is 6. The second-order valence-corrected chi connectivity index (χ2v) is 5.68. The normalized spacial score (nSPS) is 12.8. The molecule has 9 nitrogen and oxygen atoms in total. The molecule has 0 saturated carbocycles. The van der Waals surface area contributed by atoms with Crippen molar-refractivity contribution in [2.45, 2.75) is 37.8 Å². The summed E-state index contributed by atoms with van der Waals surface area (Å²) in [6.45, 7) is 0.406. The van der Waals surface area contributed by atoms with Crippen LogP contribution in [0.5, 0.6) is 5.75 Å². The molecule has 1 rings (SSSR count). The molecule has 0 unspecified atom stereocenters. The first-order valence-electron chi connectivity index (χ1n) is 7.91. The van der Waals surface area contributed by atoms with Crippen LogP contribution in [0.3, 0.4) is 0 Å². The van der Waals surface area contributed by atoms with E-state index in [1.165, 1.54) is 12.1 Å². The third-order valence-corrected chi connectivity index (χ3v) is 3.54. The molecule has 1 aromatic rings. The monoisotopic (exact) mass is 351 g/mol. The molecule has 25 heavy (non-hydrogen) atoms. The number of benzene rings is 1. The Bertz CT molecular complexity index is 599. The number of nitrogens with one attached hydrogen (secondary N) is 1. The Morgan fingerprint density at radius 2 is 1.80 bits per heavy atom. The molecule has 0 bridgehead atoms. The maximum absolute atomic E-state index is 12.1. The molecule has 0 heterocycles. The van der Waals surface area contributed by atoms with Crippen LogP contribution in [0.15, 0.2) is 29.3 Å². The van der Waals surface area contributed by atoms with Crippen LogP contribution >= 0.6 is 0 Å². The lowest BCUT2D eigenvalue weighted by Crippen LogP contribution is -2.49. The Morgan fingerprint density at radius 3 is 2.36 bits per heavy atom. The zero-order valence-electron chi connectivity index (χ0n) is 13.9. The van der Waals surface area contributed by atoms with Crippen molar-refractivity contribution in [2.75, 3.05) is 6.54 Å². The van der Waals surface area contributed by atoms with Gasteiger partial charge < -0.3 is 32.7 Å². The number of carboxylic acid groups (broad SMARTS) is 1. The number of phenolic OH excluding ortho intramolecular Hbond substituents is 1.